The van der Waals surface area contributed by atoms with Crippen LogP contribution >= 0.6 is 11.6 Å². The van der Waals surface area contributed by atoms with E-state index in [0.717, 1.165) is 11.3 Å². The van der Waals surface area contributed by atoms with Crippen LogP contribution in [0.4, 0.5) is 0 Å². The first-order valence-corrected chi connectivity index (χ1v) is 7.98. The van der Waals surface area contributed by atoms with Crippen molar-refractivity contribution in [3.63, 3.8) is 0 Å². The highest BCUT2D eigenvalue weighted by Crippen LogP contribution is 2.15. The minimum atomic E-state index is -0.114. The molecule has 0 saturated heterocycles. The molecule has 1 aromatic carbocycles. The number of hydrogen-bond acceptors (Lipinski definition) is 3. The summed E-state index contributed by atoms with van der Waals surface area (Å²) in [6.45, 7) is 2.23. The van der Waals surface area contributed by atoms with Gasteiger partial charge in [0, 0.05) is 17.1 Å². The van der Waals surface area contributed by atoms with Crippen LogP contribution in [0.3, 0.4) is 0 Å². The summed E-state index contributed by atoms with van der Waals surface area (Å²) < 4.78 is 7.36. The number of benzene rings is 1. The van der Waals surface area contributed by atoms with Crippen LogP contribution in [0, 0.1) is 6.92 Å². The number of hydrogen-bond donors (Lipinski definition) is 0. The molecule has 3 aromatic rings. The lowest BCUT2D eigenvalue weighted by Gasteiger charge is -2.12. The highest BCUT2D eigenvalue weighted by atomic mass is 35.5. The molecule has 2 aromatic heterocycles. The Morgan fingerprint density at radius 1 is 1.13 bits per heavy atom. The van der Waals surface area contributed by atoms with Crippen molar-refractivity contribution in [3.8, 4) is 5.88 Å². The molecule has 0 atom stereocenters. The van der Waals surface area contributed by atoms with Gasteiger partial charge in [0.25, 0.3) is 5.56 Å². The predicted octanol–water partition coefficient (Wildman–Crippen LogP) is 3.36. The van der Waals surface area contributed by atoms with E-state index in [4.69, 9.17) is 16.3 Å². The number of nitrogens with zero attached hydrogens (tertiary/aromatic N) is 2. The molecule has 0 N–H and O–H groups in total. The van der Waals surface area contributed by atoms with E-state index >= 15 is 0 Å². The van der Waals surface area contributed by atoms with Gasteiger partial charge in [-0.15, -0.1) is 11.6 Å². The van der Waals surface area contributed by atoms with Crippen LogP contribution in [0.2, 0.25) is 0 Å². The van der Waals surface area contributed by atoms with Gasteiger partial charge in [-0.2, -0.15) is 0 Å². The topological polar surface area (TPSA) is 43.6 Å². The van der Waals surface area contributed by atoms with Gasteiger partial charge in [-0.3, -0.25) is 4.79 Å². The van der Waals surface area contributed by atoms with Crippen LogP contribution in [0.1, 0.15) is 16.8 Å². The van der Waals surface area contributed by atoms with Crippen LogP contribution < -0.4 is 10.3 Å². The van der Waals surface area contributed by atoms with E-state index in [9.17, 15) is 4.79 Å². The first kappa shape index (κ1) is 15.6. The average Bonchev–Trinajstić information content (AvgIpc) is 2.57. The maximum atomic E-state index is 12.8. The third-order valence-electron chi connectivity index (χ3n) is 3.69. The van der Waals surface area contributed by atoms with Crippen LogP contribution in [0.5, 0.6) is 5.88 Å². The normalized spacial score (nSPS) is 10.9. The summed E-state index contributed by atoms with van der Waals surface area (Å²) in [5.41, 5.74) is 2.86. The molecule has 0 aliphatic heterocycles. The molecule has 3 rings (SSSR count). The van der Waals surface area contributed by atoms with Crippen LogP contribution in [0.25, 0.3) is 5.65 Å². The molecule has 0 aliphatic rings. The fourth-order valence-electron chi connectivity index (χ4n) is 2.53. The van der Waals surface area contributed by atoms with Crippen LogP contribution in [-0.4, -0.2) is 15.3 Å². The van der Waals surface area contributed by atoms with Gasteiger partial charge >= 0.3 is 0 Å². The number of rotatable bonds is 5. The molecular weight excluding hydrogens is 312 g/mol. The number of halogens is 1. The molecule has 0 radical (unpaired) electrons. The summed E-state index contributed by atoms with van der Waals surface area (Å²) >= 11 is 5.80. The number of ether oxygens (including phenoxy) is 1. The van der Waals surface area contributed by atoms with E-state index in [0.29, 0.717) is 36.0 Å². The maximum Gasteiger partial charge on any atom is 0.264 e. The molecule has 0 bridgehead atoms. The zero-order valence-electron chi connectivity index (χ0n) is 12.8. The highest BCUT2D eigenvalue weighted by Gasteiger charge is 2.12. The number of aryl methyl sites for hydroxylation is 1. The van der Waals surface area contributed by atoms with Crippen molar-refractivity contribution in [2.24, 2.45) is 0 Å². The molecule has 0 unspecified atom stereocenters. The minimum absolute atomic E-state index is 0.114. The molecule has 0 spiro atoms. The third kappa shape index (κ3) is 3.22. The van der Waals surface area contributed by atoms with Crippen LogP contribution in [0.15, 0.2) is 53.3 Å². The average molecular weight is 329 g/mol. The Balaban J connectivity index is 2.03. The Labute approximate surface area is 139 Å². The van der Waals surface area contributed by atoms with E-state index in [1.807, 2.05) is 43.3 Å². The van der Waals surface area contributed by atoms with Crippen molar-refractivity contribution in [2.75, 3.05) is 5.88 Å². The Bertz CT molecular complexity index is 875. The van der Waals surface area contributed by atoms with Gasteiger partial charge in [0.05, 0.1) is 0 Å². The van der Waals surface area contributed by atoms with Gasteiger partial charge in [0.2, 0.25) is 5.88 Å². The number of aromatic nitrogens is 2. The van der Waals surface area contributed by atoms with E-state index in [1.165, 1.54) is 4.40 Å². The minimum Gasteiger partial charge on any atom is -0.474 e. The molecule has 0 aliphatic carbocycles. The second-order valence-corrected chi connectivity index (χ2v) is 5.63. The number of fused-ring (bicyclic) bond motifs is 1. The molecule has 0 amide bonds. The molecule has 4 nitrogen and oxygen atoms in total. The van der Waals surface area contributed by atoms with Gasteiger partial charge in [-0.05, 0) is 31.0 Å². The lowest BCUT2D eigenvalue weighted by Crippen LogP contribution is -2.23. The smallest absolute Gasteiger partial charge is 0.264 e. The molecule has 5 heteroatoms. The molecule has 2 heterocycles. The first-order valence-electron chi connectivity index (χ1n) is 7.44. The van der Waals surface area contributed by atoms with Crippen molar-refractivity contribution >= 4 is 17.2 Å². The van der Waals surface area contributed by atoms with Crippen molar-refractivity contribution in [1.29, 1.82) is 0 Å². The quantitative estimate of drug-likeness (QED) is 0.674. The van der Waals surface area contributed by atoms with E-state index in [2.05, 4.69) is 4.98 Å². The number of alkyl halides is 1. The van der Waals surface area contributed by atoms with Crippen molar-refractivity contribution in [2.45, 2.75) is 20.0 Å². The van der Waals surface area contributed by atoms with E-state index in [-0.39, 0.29) is 5.56 Å². The summed E-state index contributed by atoms with van der Waals surface area (Å²) in [4.78, 5) is 17.3. The highest BCUT2D eigenvalue weighted by molar-refractivity contribution is 6.18. The Morgan fingerprint density at radius 2 is 1.91 bits per heavy atom. The van der Waals surface area contributed by atoms with Crippen molar-refractivity contribution in [3.05, 3.63) is 75.7 Å². The van der Waals surface area contributed by atoms with E-state index < -0.39 is 0 Å². The molecule has 0 saturated carbocycles. The molecule has 0 fully saturated rings. The second kappa shape index (κ2) is 6.84. The molecule has 23 heavy (non-hydrogen) atoms. The SMILES string of the molecule is Cc1nc2cccc(OCc3ccccc3)n2c(=O)c1CCCl. The molecule has 118 valence electrons. The summed E-state index contributed by atoms with van der Waals surface area (Å²) in [5, 5.41) is 0. The zero-order valence-corrected chi connectivity index (χ0v) is 13.6. The third-order valence-corrected chi connectivity index (χ3v) is 3.88. The maximum absolute atomic E-state index is 12.8. The molecular formula is C18H17ClN2O2. The van der Waals surface area contributed by atoms with Gasteiger partial charge < -0.3 is 4.74 Å². The fraction of sp³-hybridized carbons (Fsp3) is 0.222. The Morgan fingerprint density at radius 3 is 2.65 bits per heavy atom. The second-order valence-electron chi connectivity index (χ2n) is 5.25. The van der Waals surface area contributed by atoms with Crippen molar-refractivity contribution < 1.29 is 4.74 Å². The van der Waals surface area contributed by atoms with Gasteiger partial charge in [-0.1, -0.05) is 36.4 Å². The largest absolute Gasteiger partial charge is 0.474 e. The van der Waals surface area contributed by atoms with Crippen molar-refractivity contribution in [1.82, 2.24) is 9.38 Å². The lowest BCUT2D eigenvalue weighted by molar-refractivity contribution is 0.288. The van der Waals surface area contributed by atoms with E-state index in [1.54, 1.807) is 12.1 Å². The number of pyridine rings is 1. The first-order chi connectivity index (χ1) is 11.2. The summed E-state index contributed by atoms with van der Waals surface area (Å²) in [6, 6.07) is 15.2. The fourth-order valence-corrected chi connectivity index (χ4v) is 2.71. The summed E-state index contributed by atoms with van der Waals surface area (Å²) in [5.74, 6) is 0.872. The van der Waals surface area contributed by atoms with Crippen LogP contribution in [-0.2, 0) is 13.0 Å². The van der Waals surface area contributed by atoms with Gasteiger partial charge in [-0.25, -0.2) is 9.38 Å². The Kier molecular flexibility index (Phi) is 4.63. The van der Waals surface area contributed by atoms with Gasteiger partial charge in [0.1, 0.15) is 12.3 Å². The monoisotopic (exact) mass is 328 g/mol. The Hall–Kier alpha value is -2.33. The summed E-state index contributed by atoms with van der Waals surface area (Å²) in [7, 11) is 0. The van der Waals surface area contributed by atoms with Gasteiger partial charge in [0.15, 0.2) is 0 Å². The lowest BCUT2D eigenvalue weighted by atomic mass is 10.2. The predicted molar refractivity (Wildman–Crippen MR) is 91.4 cm³/mol. The zero-order chi connectivity index (χ0) is 16.2. The standard InChI is InChI=1S/C18H17ClN2O2/c1-13-15(10-11-19)18(22)21-16(20-13)8-5-9-17(21)23-12-14-6-3-2-4-7-14/h2-9H,10-12H2,1H3. The summed E-state index contributed by atoms with van der Waals surface area (Å²) in [6.07, 6.45) is 0.495.